The van der Waals surface area contributed by atoms with Crippen molar-refractivity contribution in [3.05, 3.63) is 11.8 Å². The molecule has 2 heterocycles. The van der Waals surface area contributed by atoms with Gasteiger partial charge in [0.25, 0.3) is 0 Å². The minimum absolute atomic E-state index is 0.322. The highest BCUT2D eigenvalue weighted by Crippen LogP contribution is 2.28. The Kier molecular flexibility index (Phi) is 4.00. The molecule has 1 aromatic rings. The predicted molar refractivity (Wildman–Crippen MR) is 73.1 cm³/mol. The van der Waals surface area contributed by atoms with E-state index in [-0.39, 0.29) is 0 Å². The number of nitrogens with zero attached hydrogens (tertiary/aromatic N) is 4. The average molecular weight is 278 g/mol. The molecule has 20 heavy (non-hydrogen) atoms. The van der Waals surface area contributed by atoms with Crippen LogP contribution in [0.5, 0.6) is 0 Å². The van der Waals surface area contributed by atoms with E-state index in [1.54, 1.807) is 6.92 Å². The molecular weight excluding hydrogens is 256 g/mol. The van der Waals surface area contributed by atoms with E-state index in [2.05, 4.69) is 15.1 Å². The smallest absolute Gasteiger partial charge is 0.225 e. The van der Waals surface area contributed by atoms with Crippen LogP contribution in [0.4, 0.5) is 0 Å². The van der Waals surface area contributed by atoms with Crippen LogP contribution in [0.3, 0.4) is 0 Å². The van der Waals surface area contributed by atoms with Crippen LogP contribution in [0.1, 0.15) is 31.0 Å². The molecule has 0 aromatic carbocycles. The zero-order valence-electron chi connectivity index (χ0n) is 12.0. The molecule has 6 nitrogen and oxygen atoms in total. The van der Waals surface area contributed by atoms with Crippen LogP contribution < -0.4 is 0 Å². The molecule has 6 heteroatoms. The lowest BCUT2D eigenvalue weighted by Crippen LogP contribution is -2.51. The Morgan fingerprint density at radius 3 is 2.55 bits per heavy atom. The lowest BCUT2D eigenvalue weighted by molar-refractivity contribution is -0.139. The van der Waals surface area contributed by atoms with Gasteiger partial charge in [0, 0.05) is 52.0 Å². The maximum Gasteiger partial charge on any atom is 0.225 e. The number of carbonyl (C=O) groups excluding carboxylic acids is 1. The van der Waals surface area contributed by atoms with Crippen molar-refractivity contribution in [1.29, 1.82) is 0 Å². The molecule has 3 rings (SSSR count). The van der Waals surface area contributed by atoms with Gasteiger partial charge in [-0.05, 0) is 12.8 Å². The monoisotopic (exact) mass is 278 g/mol. The number of aromatic nitrogens is 2. The fourth-order valence-corrected chi connectivity index (χ4v) is 2.80. The van der Waals surface area contributed by atoms with Crippen molar-refractivity contribution >= 4 is 5.91 Å². The van der Waals surface area contributed by atoms with Crippen molar-refractivity contribution in [3.8, 4) is 0 Å². The number of hydrogen-bond donors (Lipinski definition) is 0. The van der Waals surface area contributed by atoms with Crippen molar-refractivity contribution in [2.24, 2.45) is 5.92 Å². The number of rotatable bonds is 4. The second kappa shape index (κ2) is 5.91. The highest BCUT2D eigenvalue weighted by atomic mass is 16.4. The summed E-state index contributed by atoms with van der Waals surface area (Å²) in [5.74, 6) is 2.03. The van der Waals surface area contributed by atoms with Crippen molar-refractivity contribution in [1.82, 2.24) is 20.0 Å². The van der Waals surface area contributed by atoms with E-state index in [0.29, 0.717) is 23.6 Å². The third kappa shape index (κ3) is 3.00. The average Bonchev–Trinajstić information content (AvgIpc) is 2.81. The number of carbonyl (C=O) groups is 1. The summed E-state index contributed by atoms with van der Waals surface area (Å²) in [6, 6.07) is 0. The molecule has 1 aliphatic carbocycles. The first-order chi connectivity index (χ1) is 9.72. The number of amides is 1. The summed E-state index contributed by atoms with van der Waals surface area (Å²) in [6.45, 7) is 6.35. The zero-order valence-corrected chi connectivity index (χ0v) is 12.0. The normalized spacial score (nSPS) is 20.9. The second-order valence-corrected chi connectivity index (χ2v) is 5.76. The molecular formula is C14H22N4O2. The standard InChI is InChI=1S/C14H22N4O2/c1-11-15-16-13(20-11)5-6-17-7-9-18(10-8-17)14(19)12-3-2-4-12/h12H,2-10H2,1H3. The number of hydrogen-bond acceptors (Lipinski definition) is 5. The summed E-state index contributed by atoms with van der Waals surface area (Å²) in [7, 11) is 0. The van der Waals surface area contributed by atoms with Crippen molar-refractivity contribution in [2.75, 3.05) is 32.7 Å². The molecule has 1 aromatic heterocycles. The number of aryl methyl sites for hydroxylation is 1. The van der Waals surface area contributed by atoms with E-state index in [9.17, 15) is 4.79 Å². The van der Waals surface area contributed by atoms with Gasteiger partial charge in [0.05, 0.1) is 0 Å². The van der Waals surface area contributed by atoms with Crippen LogP contribution in [-0.4, -0.2) is 58.6 Å². The molecule has 2 aliphatic rings. The van der Waals surface area contributed by atoms with Gasteiger partial charge in [0.1, 0.15) is 0 Å². The highest BCUT2D eigenvalue weighted by Gasteiger charge is 2.31. The molecule has 1 amide bonds. The highest BCUT2D eigenvalue weighted by molar-refractivity contribution is 5.79. The first kappa shape index (κ1) is 13.5. The molecule has 1 saturated carbocycles. The van der Waals surface area contributed by atoms with E-state index in [1.807, 2.05) is 4.90 Å². The molecule has 0 radical (unpaired) electrons. The van der Waals surface area contributed by atoms with Crippen molar-refractivity contribution in [2.45, 2.75) is 32.6 Å². The van der Waals surface area contributed by atoms with E-state index in [0.717, 1.165) is 52.0 Å². The molecule has 0 N–H and O–H groups in total. The molecule has 1 saturated heterocycles. The van der Waals surface area contributed by atoms with Gasteiger partial charge in [0.15, 0.2) is 0 Å². The largest absolute Gasteiger partial charge is 0.426 e. The minimum atomic E-state index is 0.322. The first-order valence-electron chi connectivity index (χ1n) is 7.52. The lowest BCUT2D eigenvalue weighted by atomic mass is 9.84. The second-order valence-electron chi connectivity index (χ2n) is 5.76. The predicted octanol–water partition coefficient (Wildman–Crippen LogP) is 0.865. The summed E-state index contributed by atoms with van der Waals surface area (Å²) < 4.78 is 5.37. The number of piperazine rings is 1. The Bertz CT molecular complexity index is 461. The molecule has 0 atom stereocenters. The molecule has 0 bridgehead atoms. The van der Waals surface area contributed by atoms with Crippen LogP contribution >= 0.6 is 0 Å². The first-order valence-corrected chi connectivity index (χ1v) is 7.52. The maximum absolute atomic E-state index is 12.1. The topological polar surface area (TPSA) is 62.5 Å². The summed E-state index contributed by atoms with van der Waals surface area (Å²) in [6.07, 6.45) is 4.20. The SMILES string of the molecule is Cc1nnc(CCN2CCN(C(=O)C3CCC3)CC2)o1. The van der Waals surface area contributed by atoms with Crippen molar-refractivity contribution in [3.63, 3.8) is 0 Å². The van der Waals surface area contributed by atoms with Crippen LogP contribution in [0.15, 0.2) is 4.42 Å². The van der Waals surface area contributed by atoms with Crippen LogP contribution in [-0.2, 0) is 11.2 Å². The van der Waals surface area contributed by atoms with Gasteiger partial charge < -0.3 is 9.32 Å². The summed E-state index contributed by atoms with van der Waals surface area (Å²) >= 11 is 0. The third-order valence-electron chi connectivity index (χ3n) is 4.35. The zero-order chi connectivity index (χ0) is 13.9. The Morgan fingerprint density at radius 1 is 1.25 bits per heavy atom. The maximum atomic E-state index is 12.1. The molecule has 2 fully saturated rings. The van der Waals surface area contributed by atoms with Gasteiger partial charge in [-0.1, -0.05) is 6.42 Å². The Hall–Kier alpha value is -1.43. The Labute approximate surface area is 119 Å². The summed E-state index contributed by atoms with van der Waals surface area (Å²) in [5, 5.41) is 7.84. The van der Waals surface area contributed by atoms with E-state index in [4.69, 9.17) is 4.42 Å². The molecule has 0 spiro atoms. The van der Waals surface area contributed by atoms with E-state index in [1.165, 1.54) is 6.42 Å². The Morgan fingerprint density at radius 2 is 2.00 bits per heavy atom. The quantitative estimate of drug-likeness (QED) is 0.817. The van der Waals surface area contributed by atoms with E-state index < -0.39 is 0 Å². The summed E-state index contributed by atoms with van der Waals surface area (Å²) in [5.41, 5.74) is 0. The molecule has 110 valence electrons. The third-order valence-corrected chi connectivity index (χ3v) is 4.35. The molecule has 0 unspecified atom stereocenters. The van der Waals surface area contributed by atoms with Gasteiger partial charge in [-0.25, -0.2) is 0 Å². The lowest BCUT2D eigenvalue weighted by Gasteiger charge is -2.38. The Balaban J connectivity index is 1.40. The van der Waals surface area contributed by atoms with E-state index >= 15 is 0 Å². The fourth-order valence-electron chi connectivity index (χ4n) is 2.80. The summed E-state index contributed by atoms with van der Waals surface area (Å²) in [4.78, 5) is 16.5. The van der Waals surface area contributed by atoms with Crippen LogP contribution in [0.25, 0.3) is 0 Å². The minimum Gasteiger partial charge on any atom is -0.426 e. The molecule has 1 aliphatic heterocycles. The van der Waals surface area contributed by atoms with Gasteiger partial charge >= 0.3 is 0 Å². The van der Waals surface area contributed by atoms with Gasteiger partial charge in [0.2, 0.25) is 17.7 Å². The van der Waals surface area contributed by atoms with Gasteiger partial charge in [-0.15, -0.1) is 10.2 Å². The van der Waals surface area contributed by atoms with Crippen LogP contribution in [0.2, 0.25) is 0 Å². The van der Waals surface area contributed by atoms with Gasteiger partial charge in [-0.2, -0.15) is 0 Å². The van der Waals surface area contributed by atoms with Crippen molar-refractivity contribution < 1.29 is 9.21 Å². The van der Waals surface area contributed by atoms with Gasteiger partial charge in [-0.3, -0.25) is 9.69 Å². The van der Waals surface area contributed by atoms with Crippen LogP contribution in [0, 0.1) is 12.8 Å². The fraction of sp³-hybridized carbons (Fsp3) is 0.786.